The second-order valence-electron chi connectivity index (χ2n) is 30.2. The predicted octanol–water partition coefficient (Wildman–Crippen LogP) is 13.7. The minimum absolute atomic E-state index is 0.204. The van der Waals surface area contributed by atoms with Crippen molar-refractivity contribution in [2.24, 2.45) is 20.7 Å². The van der Waals surface area contributed by atoms with E-state index < -0.39 is 26.6 Å². The number of benzene rings is 6. The van der Waals surface area contributed by atoms with Crippen molar-refractivity contribution in [2.75, 3.05) is 60.2 Å². The van der Waals surface area contributed by atoms with Gasteiger partial charge in [-0.15, -0.1) is 0 Å². The van der Waals surface area contributed by atoms with Gasteiger partial charge in [-0.3, -0.25) is 60.3 Å². The summed E-state index contributed by atoms with van der Waals surface area (Å²) in [7, 11) is -3.26. The van der Waals surface area contributed by atoms with Gasteiger partial charge in [-0.05, 0) is 172 Å². The highest BCUT2D eigenvalue weighted by atomic mass is 32.2. The summed E-state index contributed by atoms with van der Waals surface area (Å²) in [5, 5.41) is 18.4. The van der Waals surface area contributed by atoms with Crippen LogP contribution < -0.4 is 41.1 Å². The Kier molecular flexibility index (Phi) is 24.2. The van der Waals surface area contributed by atoms with Gasteiger partial charge >= 0.3 is 18.1 Å². The smallest absolute Gasteiger partial charge is 0.326 e. The van der Waals surface area contributed by atoms with Crippen LogP contribution in [0.25, 0.3) is 0 Å². The number of amides is 6. The van der Waals surface area contributed by atoms with Gasteiger partial charge < -0.3 is 5.73 Å². The van der Waals surface area contributed by atoms with Crippen LogP contribution in [0.5, 0.6) is 0 Å². The maximum absolute atomic E-state index is 14.2. The molecule has 3 saturated carbocycles. The maximum Gasteiger partial charge on any atom is 0.328 e. The number of piperidine rings is 3. The first-order valence-corrected chi connectivity index (χ1v) is 40.1. The molecule has 6 aromatic rings. The molecule has 3 aliphatic carbocycles. The molecule has 9 fully saturated rings. The van der Waals surface area contributed by atoms with Crippen molar-refractivity contribution < 1.29 is 36.0 Å². The molecule has 560 valence electrons. The van der Waals surface area contributed by atoms with Crippen LogP contribution in [0.2, 0.25) is 0 Å². The number of carbonyl (C=O) groups excluding carboxylic acids is 3. The zero-order chi connectivity index (χ0) is 73.8. The minimum Gasteiger partial charge on any atom is -0.326 e. The fourth-order valence-corrected chi connectivity index (χ4v) is 17.8. The Morgan fingerprint density at radius 3 is 1.09 bits per heavy atom. The second-order valence-corrected chi connectivity index (χ2v) is 32.1. The Morgan fingerprint density at radius 1 is 0.453 bits per heavy atom. The summed E-state index contributed by atoms with van der Waals surface area (Å²) in [6, 6.07) is 45.2. The highest BCUT2D eigenvalue weighted by molar-refractivity contribution is 7.88. The molecule has 3 spiro atoms. The lowest BCUT2D eigenvalue weighted by Crippen LogP contribution is -2.57. The topological polar surface area (TPSA) is 240 Å². The molecular weight excluding hydrogens is 1360 g/mol. The van der Waals surface area contributed by atoms with E-state index in [1.54, 1.807) is 45.0 Å². The second kappa shape index (κ2) is 34.0. The molecule has 106 heavy (non-hydrogen) atoms. The Morgan fingerprint density at radius 2 is 0.764 bits per heavy atom. The largest absolute Gasteiger partial charge is 0.328 e. The molecule has 6 N–H and O–H groups in total. The Hall–Kier alpha value is -8.83. The standard InChI is InChI=1S/C28H36FN5O3S.C27H34FN5O.C27H30FN5O/c1-38(36,37)30-19-21-7-5-8-22(17-21)20-33-15-13-28(14-16-33)26(31-24-10-3-2-4-11-24)32-27(35)34(28)25-12-6-9-23(29)18-25;2*28-22-8-5-11-24(17-22)33-26(34)31-25(30-23-9-2-1-3-10-23)27(33)12-14-32(15-13-27)19-21-7-4-6-20(16-21)18-29/h5-9,12,17-18,24,30H,2-4,10-11,13-16,19-20H2,1H3,(H,31,32,35);4-8,11,16-17,23H,1-3,9-10,12-15,18-19,29H2,(H,30,31,34);4-8,11,16-17,23H,1-3,9-10,12-15,19H2,(H,30,31,34). The van der Waals surface area contributed by atoms with E-state index in [0.717, 1.165) is 169 Å². The third-order valence-electron chi connectivity index (χ3n) is 22.8. The van der Waals surface area contributed by atoms with Gasteiger partial charge in [0, 0.05) is 89.1 Å². The molecule has 6 saturated heterocycles. The van der Waals surface area contributed by atoms with Crippen LogP contribution in [0.15, 0.2) is 161 Å². The summed E-state index contributed by atoms with van der Waals surface area (Å²) in [6.45, 7) is 7.83. The summed E-state index contributed by atoms with van der Waals surface area (Å²) < 4.78 is 67.9. The highest BCUT2D eigenvalue weighted by Gasteiger charge is 2.56. The van der Waals surface area contributed by atoms with Crippen LogP contribution in [-0.4, -0.2) is 139 Å². The van der Waals surface area contributed by atoms with E-state index in [1.165, 1.54) is 86.9 Å². The number of nitrogens with zero attached hydrogens (tertiary/aromatic N) is 10. The number of hydrogen-bond donors (Lipinski definition) is 5. The quantitative estimate of drug-likeness (QED) is 0.0614. The summed E-state index contributed by atoms with van der Waals surface area (Å²) in [5.74, 6) is 1.19. The van der Waals surface area contributed by atoms with Crippen LogP contribution in [0.1, 0.15) is 168 Å². The molecule has 20 nitrogen and oxygen atoms in total. The normalized spacial score (nSPS) is 22.1. The third kappa shape index (κ3) is 17.9. The van der Waals surface area contributed by atoms with Gasteiger partial charge in [0.05, 0.1) is 36.0 Å². The Balaban J connectivity index is 0.000000141. The van der Waals surface area contributed by atoms with E-state index in [2.05, 4.69) is 65.7 Å². The van der Waals surface area contributed by atoms with E-state index in [4.69, 9.17) is 20.7 Å². The number of sulfonamides is 1. The predicted molar refractivity (Wildman–Crippen MR) is 410 cm³/mol. The molecule has 6 aliphatic heterocycles. The fraction of sp³-hybridized carbons (Fsp3) is 0.476. The summed E-state index contributed by atoms with van der Waals surface area (Å²) in [4.78, 5) is 67.4. The molecule has 0 aromatic heterocycles. The SMILES string of the molecule is CS(=O)(=O)NCc1cccc(CN2CCC3(CC2)C(=NC2CCCCC2)NC(=O)N3c2cccc(F)c2)c1.N#Cc1cccc(CN2CCC3(CC2)C(=NC2CCCCC2)NC(=O)N3c2cccc(F)c2)c1.NCc1cccc(CN2CCC3(CC2)C(=NC2CCCCC2)NC(=O)N3c2cccc(F)c2)c1. The van der Waals surface area contributed by atoms with Crippen molar-refractivity contribution in [3.8, 4) is 6.07 Å². The van der Waals surface area contributed by atoms with Gasteiger partial charge in [-0.2, -0.15) is 5.26 Å². The summed E-state index contributed by atoms with van der Waals surface area (Å²) >= 11 is 0. The van der Waals surface area contributed by atoms with Crippen molar-refractivity contribution >= 4 is 62.7 Å². The van der Waals surface area contributed by atoms with Crippen LogP contribution in [0, 0.1) is 28.8 Å². The van der Waals surface area contributed by atoms with Crippen molar-refractivity contribution in [3.05, 3.63) is 196 Å². The minimum atomic E-state index is -3.26. The number of rotatable bonds is 16. The number of nitrogens with two attached hydrogens (primary N) is 1. The van der Waals surface area contributed by atoms with E-state index in [9.17, 15) is 41.2 Å². The van der Waals surface area contributed by atoms with Crippen molar-refractivity contribution in [1.82, 2.24) is 35.4 Å². The van der Waals surface area contributed by atoms with Gasteiger partial charge in [-0.25, -0.2) is 40.7 Å². The molecule has 6 heterocycles. The highest BCUT2D eigenvalue weighted by Crippen LogP contribution is 2.43. The number of aliphatic imine (C=N–C) groups is 3. The van der Waals surface area contributed by atoms with E-state index >= 15 is 0 Å². The van der Waals surface area contributed by atoms with Gasteiger partial charge in [0.1, 0.15) is 51.6 Å². The van der Waals surface area contributed by atoms with Gasteiger partial charge in [0.2, 0.25) is 10.0 Å². The van der Waals surface area contributed by atoms with Crippen LogP contribution in [-0.2, 0) is 42.7 Å². The zero-order valence-corrected chi connectivity index (χ0v) is 61.7. The molecule has 0 unspecified atom stereocenters. The number of urea groups is 3. The molecule has 9 aliphatic rings. The lowest BCUT2D eigenvalue weighted by molar-refractivity contribution is 0.184. The average Bonchev–Trinajstić information content (AvgIpc) is 1.59. The van der Waals surface area contributed by atoms with Crippen molar-refractivity contribution in [2.45, 2.75) is 202 Å². The van der Waals surface area contributed by atoms with E-state index in [-0.39, 0.29) is 60.2 Å². The molecule has 0 atom stereocenters. The molecule has 0 radical (unpaired) electrons. The third-order valence-corrected chi connectivity index (χ3v) is 23.5. The summed E-state index contributed by atoms with van der Waals surface area (Å²) in [5.41, 5.74) is 11.9. The van der Waals surface area contributed by atoms with Gasteiger partial charge in [0.25, 0.3) is 0 Å². The number of hydrogen-bond acceptors (Lipinski definition) is 13. The zero-order valence-electron chi connectivity index (χ0n) is 60.8. The Bertz CT molecular complexity index is 4350. The lowest BCUT2D eigenvalue weighted by atomic mass is 9.84. The fourth-order valence-electron chi connectivity index (χ4n) is 17.3. The first-order chi connectivity index (χ1) is 51.4. The first-order valence-electron chi connectivity index (χ1n) is 38.2. The number of nitriles is 1. The van der Waals surface area contributed by atoms with Gasteiger partial charge in [-0.1, -0.05) is 137 Å². The molecule has 15 rings (SSSR count). The lowest BCUT2D eigenvalue weighted by Gasteiger charge is -2.44. The number of amidine groups is 3. The van der Waals surface area contributed by atoms with Gasteiger partial charge in [0.15, 0.2) is 0 Å². The van der Waals surface area contributed by atoms with Crippen LogP contribution in [0.4, 0.5) is 44.6 Å². The van der Waals surface area contributed by atoms with Crippen molar-refractivity contribution in [3.63, 3.8) is 0 Å². The average molecular weight is 1460 g/mol. The molecule has 6 aromatic carbocycles. The monoisotopic (exact) mass is 1460 g/mol. The maximum atomic E-state index is 14.2. The number of anilines is 3. The molecular formula is C82H100F3N15O5S. The number of nitrogens with one attached hydrogen (secondary N) is 4. The van der Waals surface area contributed by atoms with E-state index in [1.807, 2.05) is 54.6 Å². The van der Waals surface area contributed by atoms with Crippen molar-refractivity contribution in [1.29, 1.82) is 5.26 Å². The van der Waals surface area contributed by atoms with E-state index in [0.29, 0.717) is 54.9 Å². The number of halogens is 3. The Labute approximate surface area is 621 Å². The number of carbonyl (C=O) groups is 3. The van der Waals surface area contributed by atoms with Crippen LogP contribution in [0.3, 0.4) is 0 Å². The molecule has 6 amide bonds. The molecule has 0 bridgehead atoms. The first kappa shape index (κ1) is 75.4. The number of likely N-dealkylation sites (tertiary alicyclic amines) is 3. The summed E-state index contributed by atoms with van der Waals surface area (Å²) in [6.07, 6.45) is 22.5. The van der Waals surface area contributed by atoms with Crippen LogP contribution >= 0.6 is 0 Å². The molecule has 24 heteroatoms.